The Bertz CT molecular complexity index is 626. The van der Waals surface area contributed by atoms with E-state index in [4.69, 9.17) is 9.47 Å². The summed E-state index contributed by atoms with van der Waals surface area (Å²) in [5.41, 5.74) is 2.67. The lowest BCUT2D eigenvalue weighted by Crippen LogP contribution is -2.49. The van der Waals surface area contributed by atoms with Crippen LogP contribution in [0, 0.1) is 0 Å². The van der Waals surface area contributed by atoms with Gasteiger partial charge in [-0.2, -0.15) is 0 Å². The summed E-state index contributed by atoms with van der Waals surface area (Å²) >= 11 is 0. The van der Waals surface area contributed by atoms with Crippen molar-refractivity contribution in [3.8, 4) is 11.5 Å². The third-order valence-electron chi connectivity index (χ3n) is 5.39. The minimum absolute atomic E-state index is 0.00581. The summed E-state index contributed by atoms with van der Waals surface area (Å²) in [5, 5.41) is 9.98. The molecule has 0 aromatic heterocycles. The summed E-state index contributed by atoms with van der Waals surface area (Å²) in [6.07, 6.45) is 5.80. The molecule has 1 aromatic rings. The molecule has 3 aliphatic heterocycles. The first-order chi connectivity index (χ1) is 9.78. The zero-order valence-electron chi connectivity index (χ0n) is 11.2. The van der Waals surface area contributed by atoms with Gasteiger partial charge in [0.05, 0.1) is 6.10 Å². The number of benzene rings is 1. The van der Waals surface area contributed by atoms with Crippen molar-refractivity contribution in [2.45, 2.75) is 36.9 Å². The van der Waals surface area contributed by atoms with Crippen molar-refractivity contribution < 1.29 is 14.6 Å². The summed E-state index contributed by atoms with van der Waals surface area (Å²) < 4.78 is 11.3. The van der Waals surface area contributed by atoms with Crippen LogP contribution in [0.5, 0.6) is 11.5 Å². The zero-order valence-corrected chi connectivity index (χ0v) is 11.2. The number of aliphatic hydroxyl groups is 1. The highest BCUT2D eigenvalue weighted by Crippen LogP contribution is 2.56. The molecule has 1 saturated heterocycles. The molecular weight excluding hydrogens is 254 g/mol. The van der Waals surface area contributed by atoms with Gasteiger partial charge in [-0.25, -0.2) is 0 Å². The van der Waals surface area contributed by atoms with E-state index in [0.717, 1.165) is 37.4 Å². The molecule has 0 amide bonds. The van der Waals surface area contributed by atoms with E-state index in [9.17, 15) is 5.11 Å². The van der Waals surface area contributed by atoms with Gasteiger partial charge in [-0.15, -0.1) is 0 Å². The topological polar surface area (TPSA) is 41.9 Å². The van der Waals surface area contributed by atoms with Crippen LogP contribution in [-0.2, 0) is 12.0 Å². The number of fused-ring (bicyclic) bond motifs is 3. The molecule has 0 spiro atoms. The fraction of sp³-hybridized carbons (Fsp3) is 0.500. The SMILES string of the molecule is OC1C=CC23CCN(Cc4ccc5c(c42)OCO5)C3C1. The maximum Gasteiger partial charge on any atom is 0.231 e. The average Bonchev–Trinajstić information content (AvgIpc) is 3.02. The van der Waals surface area contributed by atoms with Crippen molar-refractivity contribution in [3.05, 3.63) is 35.4 Å². The first kappa shape index (κ1) is 11.2. The van der Waals surface area contributed by atoms with E-state index >= 15 is 0 Å². The van der Waals surface area contributed by atoms with Crippen LogP contribution in [0.15, 0.2) is 24.3 Å². The second-order valence-corrected chi connectivity index (χ2v) is 6.27. The Morgan fingerprint density at radius 2 is 2.25 bits per heavy atom. The van der Waals surface area contributed by atoms with Crippen LogP contribution in [0.4, 0.5) is 0 Å². The molecule has 4 nitrogen and oxygen atoms in total. The molecule has 5 rings (SSSR count). The fourth-order valence-electron chi connectivity index (χ4n) is 4.56. The van der Waals surface area contributed by atoms with Gasteiger partial charge in [-0.1, -0.05) is 18.2 Å². The molecule has 0 radical (unpaired) electrons. The smallest absolute Gasteiger partial charge is 0.231 e. The molecule has 1 N–H and O–H groups in total. The van der Waals surface area contributed by atoms with Gasteiger partial charge in [-0.3, -0.25) is 4.90 Å². The Morgan fingerprint density at radius 1 is 1.30 bits per heavy atom. The molecule has 3 heterocycles. The van der Waals surface area contributed by atoms with E-state index in [1.807, 2.05) is 12.1 Å². The van der Waals surface area contributed by atoms with Crippen LogP contribution in [-0.4, -0.2) is 35.5 Å². The summed E-state index contributed by atoms with van der Waals surface area (Å²) in [7, 11) is 0. The van der Waals surface area contributed by atoms with Crippen molar-refractivity contribution >= 4 is 0 Å². The van der Waals surface area contributed by atoms with Gasteiger partial charge >= 0.3 is 0 Å². The third kappa shape index (κ3) is 1.20. The molecule has 20 heavy (non-hydrogen) atoms. The Kier molecular flexibility index (Phi) is 1.99. The molecule has 104 valence electrons. The zero-order chi connectivity index (χ0) is 13.3. The van der Waals surface area contributed by atoms with Crippen molar-refractivity contribution in [3.63, 3.8) is 0 Å². The highest BCUT2D eigenvalue weighted by Gasteiger charge is 2.54. The first-order valence-corrected chi connectivity index (χ1v) is 7.31. The highest BCUT2D eigenvalue weighted by atomic mass is 16.7. The summed E-state index contributed by atoms with van der Waals surface area (Å²) in [5.74, 6) is 1.81. The van der Waals surface area contributed by atoms with Crippen molar-refractivity contribution in [1.29, 1.82) is 0 Å². The minimum atomic E-state index is -0.316. The molecule has 1 aromatic carbocycles. The van der Waals surface area contributed by atoms with Gasteiger partial charge in [0, 0.05) is 30.1 Å². The Labute approximate surface area is 117 Å². The van der Waals surface area contributed by atoms with E-state index in [1.165, 1.54) is 11.1 Å². The molecule has 4 atom stereocenters. The number of rotatable bonds is 0. The van der Waals surface area contributed by atoms with Gasteiger partial charge < -0.3 is 14.6 Å². The van der Waals surface area contributed by atoms with Crippen molar-refractivity contribution in [2.24, 2.45) is 0 Å². The van der Waals surface area contributed by atoms with E-state index in [2.05, 4.69) is 17.0 Å². The second kappa shape index (κ2) is 3.57. The monoisotopic (exact) mass is 271 g/mol. The van der Waals surface area contributed by atoms with E-state index < -0.39 is 0 Å². The molecule has 4 heteroatoms. The van der Waals surface area contributed by atoms with E-state index in [1.54, 1.807) is 0 Å². The first-order valence-electron chi connectivity index (χ1n) is 7.31. The lowest BCUT2D eigenvalue weighted by Gasteiger charge is -2.45. The number of hydrogen-bond donors (Lipinski definition) is 1. The van der Waals surface area contributed by atoms with E-state index in [-0.39, 0.29) is 11.5 Å². The molecular formula is C16H17NO3. The van der Waals surface area contributed by atoms with Crippen LogP contribution >= 0.6 is 0 Å². The second-order valence-electron chi connectivity index (χ2n) is 6.27. The predicted octanol–water partition coefficient (Wildman–Crippen LogP) is 1.56. The van der Waals surface area contributed by atoms with Gasteiger partial charge in [0.1, 0.15) is 0 Å². The molecule has 4 unspecified atom stereocenters. The highest BCUT2D eigenvalue weighted by molar-refractivity contribution is 5.60. The van der Waals surface area contributed by atoms with Crippen LogP contribution in [0.1, 0.15) is 24.0 Å². The van der Waals surface area contributed by atoms with Gasteiger partial charge in [0.25, 0.3) is 0 Å². The van der Waals surface area contributed by atoms with Crippen LogP contribution in [0.3, 0.4) is 0 Å². The number of nitrogens with zero attached hydrogens (tertiary/aromatic N) is 1. The fourth-order valence-corrected chi connectivity index (χ4v) is 4.56. The summed E-state index contributed by atoms with van der Waals surface area (Å²) in [6, 6.07) is 4.60. The van der Waals surface area contributed by atoms with Gasteiger partial charge in [0.2, 0.25) is 6.79 Å². The van der Waals surface area contributed by atoms with Crippen LogP contribution in [0.25, 0.3) is 0 Å². The Balaban J connectivity index is 1.79. The average molecular weight is 271 g/mol. The number of hydrogen-bond acceptors (Lipinski definition) is 4. The van der Waals surface area contributed by atoms with Crippen molar-refractivity contribution in [1.82, 2.24) is 4.90 Å². The lowest BCUT2D eigenvalue weighted by molar-refractivity contribution is 0.108. The normalized spacial score (nSPS) is 39.5. The summed E-state index contributed by atoms with van der Waals surface area (Å²) in [6.45, 7) is 2.37. The Morgan fingerprint density at radius 3 is 3.20 bits per heavy atom. The van der Waals surface area contributed by atoms with Crippen molar-refractivity contribution in [2.75, 3.05) is 13.3 Å². The summed E-state index contributed by atoms with van der Waals surface area (Å²) in [4.78, 5) is 2.51. The molecule has 1 fully saturated rings. The Hall–Kier alpha value is -1.52. The van der Waals surface area contributed by atoms with Gasteiger partial charge in [-0.05, 0) is 24.5 Å². The van der Waals surface area contributed by atoms with Crippen LogP contribution in [0.2, 0.25) is 0 Å². The predicted molar refractivity (Wildman–Crippen MR) is 72.8 cm³/mol. The number of ether oxygens (including phenoxy) is 2. The number of aliphatic hydroxyl groups excluding tert-OH is 1. The van der Waals surface area contributed by atoms with Gasteiger partial charge in [0.15, 0.2) is 11.5 Å². The van der Waals surface area contributed by atoms with E-state index in [0.29, 0.717) is 12.8 Å². The molecule has 2 bridgehead atoms. The standard InChI is InChI=1S/C16H17NO3/c18-11-3-4-16-5-6-17(13(16)7-11)8-10-1-2-12-15(14(10)16)20-9-19-12/h1-4,11,13,18H,5-9H2. The maximum absolute atomic E-state index is 9.98. The largest absolute Gasteiger partial charge is 0.454 e. The third-order valence-corrected chi connectivity index (χ3v) is 5.39. The molecule has 4 aliphatic rings. The molecule has 0 saturated carbocycles. The minimum Gasteiger partial charge on any atom is -0.454 e. The van der Waals surface area contributed by atoms with Crippen LogP contribution < -0.4 is 9.47 Å². The quantitative estimate of drug-likeness (QED) is 0.727. The maximum atomic E-state index is 9.98. The molecule has 1 aliphatic carbocycles. The lowest BCUT2D eigenvalue weighted by atomic mass is 9.66.